The molecule has 0 unspecified atom stereocenters. The molecule has 0 spiro atoms. The quantitative estimate of drug-likeness (QED) is 0.873. The highest BCUT2D eigenvalue weighted by Gasteiger charge is 2.07. The van der Waals surface area contributed by atoms with Crippen molar-refractivity contribution in [3.05, 3.63) is 70.8 Å². The predicted molar refractivity (Wildman–Crippen MR) is 74.1 cm³/mol. The smallest absolute Gasteiger partial charge is 0.163 e. The molecule has 0 amide bonds. The molecule has 2 aromatic carbocycles. The number of methoxy groups -OCH3 is 1. The first-order chi connectivity index (χ1) is 9.72. The molecule has 0 aliphatic heterocycles. The lowest BCUT2D eigenvalue weighted by Gasteiger charge is -2.10. The van der Waals surface area contributed by atoms with Crippen molar-refractivity contribution in [1.82, 2.24) is 5.32 Å². The van der Waals surface area contributed by atoms with Gasteiger partial charge in [0.15, 0.2) is 11.6 Å². The SMILES string of the molecule is COCc1ccccc1CNCc1cccc(F)c1F. The maximum atomic E-state index is 13.5. The van der Waals surface area contributed by atoms with E-state index in [1.54, 1.807) is 13.2 Å². The largest absolute Gasteiger partial charge is 0.380 e. The molecule has 0 aromatic heterocycles. The molecular weight excluding hydrogens is 260 g/mol. The van der Waals surface area contributed by atoms with Crippen LogP contribution in [-0.4, -0.2) is 7.11 Å². The number of halogens is 2. The fraction of sp³-hybridized carbons (Fsp3) is 0.250. The van der Waals surface area contributed by atoms with Crippen LogP contribution in [0.15, 0.2) is 42.5 Å². The number of hydrogen-bond acceptors (Lipinski definition) is 2. The van der Waals surface area contributed by atoms with Crippen LogP contribution in [0.25, 0.3) is 0 Å². The molecule has 20 heavy (non-hydrogen) atoms. The fourth-order valence-electron chi connectivity index (χ4n) is 2.04. The maximum Gasteiger partial charge on any atom is 0.163 e. The Morgan fingerprint density at radius 3 is 2.30 bits per heavy atom. The molecule has 2 rings (SSSR count). The molecule has 0 bridgehead atoms. The van der Waals surface area contributed by atoms with Crippen LogP contribution in [0.5, 0.6) is 0 Å². The molecule has 0 atom stereocenters. The first kappa shape index (κ1) is 14.6. The Morgan fingerprint density at radius 1 is 0.900 bits per heavy atom. The van der Waals surface area contributed by atoms with E-state index in [1.165, 1.54) is 6.07 Å². The summed E-state index contributed by atoms with van der Waals surface area (Å²) in [6.45, 7) is 1.40. The van der Waals surface area contributed by atoms with E-state index in [0.717, 1.165) is 17.2 Å². The highest BCUT2D eigenvalue weighted by molar-refractivity contribution is 5.26. The van der Waals surface area contributed by atoms with Crippen molar-refractivity contribution in [2.75, 3.05) is 7.11 Å². The van der Waals surface area contributed by atoms with Gasteiger partial charge in [-0.1, -0.05) is 36.4 Å². The van der Waals surface area contributed by atoms with Gasteiger partial charge in [-0.3, -0.25) is 0 Å². The lowest BCUT2D eigenvalue weighted by molar-refractivity contribution is 0.184. The number of hydrogen-bond donors (Lipinski definition) is 1. The summed E-state index contributed by atoms with van der Waals surface area (Å²) in [5, 5.41) is 3.12. The normalized spacial score (nSPS) is 10.8. The third-order valence-electron chi connectivity index (χ3n) is 3.08. The van der Waals surface area contributed by atoms with Gasteiger partial charge in [0.25, 0.3) is 0 Å². The third-order valence-corrected chi connectivity index (χ3v) is 3.08. The molecule has 4 heteroatoms. The second-order valence-corrected chi connectivity index (χ2v) is 4.52. The zero-order valence-corrected chi connectivity index (χ0v) is 11.3. The van der Waals surface area contributed by atoms with Gasteiger partial charge in [0.1, 0.15) is 0 Å². The van der Waals surface area contributed by atoms with E-state index in [1.807, 2.05) is 24.3 Å². The number of ether oxygens (including phenoxy) is 1. The lowest BCUT2D eigenvalue weighted by atomic mass is 10.1. The molecule has 2 nitrogen and oxygen atoms in total. The first-order valence-electron chi connectivity index (χ1n) is 6.41. The summed E-state index contributed by atoms with van der Waals surface area (Å²) < 4.78 is 31.7. The molecule has 0 aliphatic carbocycles. The minimum absolute atomic E-state index is 0.283. The summed E-state index contributed by atoms with van der Waals surface area (Å²) in [5.74, 6) is -1.60. The van der Waals surface area contributed by atoms with E-state index in [0.29, 0.717) is 18.7 Å². The van der Waals surface area contributed by atoms with Gasteiger partial charge in [-0.15, -0.1) is 0 Å². The highest BCUT2D eigenvalue weighted by atomic mass is 19.2. The fourth-order valence-corrected chi connectivity index (χ4v) is 2.04. The molecule has 106 valence electrons. The number of nitrogens with one attached hydrogen (secondary N) is 1. The maximum absolute atomic E-state index is 13.5. The van der Waals surface area contributed by atoms with Crippen molar-refractivity contribution >= 4 is 0 Å². The Hall–Kier alpha value is -1.78. The van der Waals surface area contributed by atoms with Crippen molar-refractivity contribution in [3.8, 4) is 0 Å². The van der Waals surface area contributed by atoms with Gasteiger partial charge in [0.2, 0.25) is 0 Å². The second kappa shape index (κ2) is 7.12. The van der Waals surface area contributed by atoms with Gasteiger partial charge in [0.05, 0.1) is 6.61 Å². The summed E-state index contributed by atoms with van der Waals surface area (Å²) >= 11 is 0. The molecule has 1 N–H and O–H groups in total. The summed E-state index contributed by atoms with van der Waals surface area (Å²) in [6, 6.07) is 12.1. The van der Waals surface area contributed by atoms with Crippen LogP contribution in [0.3, 0.4) is 0 Å². The van der Waals surface area contributed by atoms with Gasteiger partial charge in [0, 0.05) is 25.8 Å². The molecule has 2 aromatic rings. The monoisotopic (exact) mass is 277 g/mol. The number of rotatable bonds is 6. The minimum Gasteiger partial charge on any atom is -0.380 e. The van der Waals surface area contributed by atoms with E-state index in [9.17, 15) is 8.78 Å². The molecule has 0 saturated heterocycles. The van der Waals surface area contributed by atoms with Crippen LogP contribution < -0.4 is 5.32 Å². The van der Waals surface area contributed by atoms with Crippen LogP contribution in [0.4, 0.5) is 8.78 Å². The van der Waals surface area contributed by atoms with E-state index in [2.05, 4.69) is 5.32 Å². The summed E-state index contributed by atoms with van der Waals surface area (Å²) in [6.07, 6.45) is 0. The summed E-state index contributed by atoms with van der Waals surface area (Å²) in [5.41, 5.74) is 2.50. The topological polar surface area (TPSA) is 21.3 Å². The Bertz CT molecular complexity index is 572. The van der Waals surface area contributed by atoms with Gasteiger partial charge in [-0.25, -0.2) is 8.78 Å². The van der Waals surface area contributed by atoms with Crippen LogP contribution >= 0.6 is 0 Å². The summed E-state index contributed by atoms with van der Waals surface area (Å²) in [4.78, 5) is 0. The minimum atomic E-state index is -0.816. The van der Waals surface area contributed by atoms with E-state index in [-0.39, 0.29) is 6.54 Å². The van der Waals surface area contributed by atoms with Crippen LogP contribution in [0, 0.1) is 11.6 Å². The average Bonchev–Trinajstić information content (AvgIpc) is 2.45. The zero-order chi connectivity index (χ0) is 14.4. The molecule has 0 aliphatic rings. The Morgan fingerprint density at radius 2 is 1.55 bits per heavy atom. The summed E-state index contributed by atoms with van der Waals surface area (Å²) in [7, 11) is 1.65. The highest BCUT2D eigenvalue weighted by Crippen LogP contribution is 2.13. The van der Waals surface area contributed by atoms with E-state index >= 15 is 0 Å². The van der Waals surface area contributed by atoms with Crippen molar-refractivity contribution in [3.63, 3.8) is 0 Å². The molecule has 0 saturated carbocycles. The zero-order valence-electron chi connectivity index (χ0n) is 11.3. The van der Waals surface area contributed by atoms with Crippen molar-refractivity contribution in [2.45, 2.75) is 19.7 Å². The van der Waals surface area contributed by atoms with Crippen LogP contribution in [0.1, 0.15) is 16.7 Å². The Balaban J connectivity index is 1.98. The third kappa shape index (κ3) is 3.62. The average molecular weight is 277 g/mol. The Labute approximate surface area is 117 Å². The lowest BCUT2D eigenvalue weighted by Crippen LogP contribution is -2.15. The van der Waals surface area contributed by atoms with Gasteiger partial charge in [-0.2, -0.15) is 0 Å². The number of benzene rings is 2. The standard InChI is InChI=1S/C16H17F2NO/c1-20-11-14-6-3-2-5-12(14)9-19-10-13-7-4-8-15(17)16(13)18/h2-8,19H,9-11H2,1H3. The van der Waals surface area contributed by atoms with Crippen LogP contribution in [0.2, 0.25) is 0 Å². The Kier molecular flexibility index (Phi) is 5.21. The molecule has 0 fully saturated rings. The predicted octanol–water partition coefficient (Wildman–Crippen LogP) is 3.40. The second-order valence-electron chi connectivity index (χ2n) is 4.52. The van der Waals surface area contributed by atoms with Gasteiger partial charge in [-0.05, 0) is 17.2 Å². The van der Waals surface area contributed by atoms with E-state index in [4.69, 9.17) is 4.74 Å². The van der Waals surface area contributed by atoms with Crippen molar-refractivity contribution in [1.29, 1.82) is 0 Å². The molecule has 0 heterocycles. The van der Waals surface area contributed by atoms with Crippen molar-refractivity contribution in [2.24, 2.45) is 0 Å². The first-order valence-corrected chi connectivity index (χ1v) is 6.41. The van der Waals surface area contributed by atoms with Crippen LogP contribution in [-0.2, 0) is 24.4 Å². The van der Waals surface area contributed by atoms with E-state index < -0.39 is 11.6 Å². The van der Waals surface area contributed by atoms with Gasteiger partial charge < -0.3 is 10.1 Å². The van der Waals surface area contributed by atoms with Crippen molar-refractivity contribution < 1.29 is 13.5 Å². The van der Waals surface area contributed by atoms with Gasteiger partial charge >= 0.3 is 0 Å². The molecular formula is C16H17F2NO. The molecule has 0 radical (unpaired) electrons.